The highest BCUT2D eigenvalue weighted by molar-refractivity contribution is 14.1. The first-order chi connectivity index (χ1) is 18.2. The molecule has 1 heterocycles. The second kappa shape index (κ2) is 15.4. The van der Waals surface area contributed by atoms with E-state index in [9.17, 15) is 9.90 Å². The number of carbonyl (C=O) groups is 1. The maximum atomic E-state index is 13.3. The van der Waals surface area contributed by atoms with E-state index in [4.69, 9.17) is 18.6 Å². The summed E-state index contributed by atoms with van der Waals surface area (Å²) in [6.07, 6.45) is 3.01. The summed E-state index contributed by atoms with van der Waals surface area (Å²) in [5, 5.41) is 10.0. The van der Waals surface area contributed by atoms with Crippen LogP contribution in [-0.2, 0) is 25.3 Å². The van der Waals surface area contributed by atoms with E-state index >= 15 is 0 Å². The Bertz CT molecular complexity index is 913. The molecule has 6 nitrogen and oxygen atoms in total. The minimum Gasteiger partial charge on any atom is -0.497 e. The Hall–Kier alpha value is -0.783. The van der Waals surface area contributed by atoms with Crippen molar-refractivity contribution >= 4 is 36.7 Å². The topological polar surface area (TPSA) is 74.2 Å². The average molecular weight is 675 g/mol. The van der Waals surface area contributed by atoms with Gasteiger partial charge in [-0.15, -0.1) is 0 Å². The predicted molar refractivity (Wildman–Crippen MR) is 169 cm³/mol. The number of hydrogen-bond donors (Lipinski definition) is 1. The Kier molecular flexibility index (Phi) is 13.6. The molecule has 1 fully saturated rings. The van der Waals surface area contributed by atoms with Crippen LogP contribution in [0, 0.1) is 17.8 Å². The number of aliphatic hydroxyl groups excluding tert-OH is 1. The fourth-order valence-corrected chi connectivity index (χ4v) is 6.65. The summed E-state index contributed by atoms with van der Waals surface area (Å²) in [5.74, 6) is 1.23. The minimum atomic E-state index is -2.03. The molecule has 0 spiro atoms. The lowest BCUT2D eigenvalue weighted by molar-refractivity contribution is -0.168. The van der Waals surface area contributed by atoms with Crippen molar-refractivity contribution in [2.45, 2.75) is 110 Å². The number of aliphatic hydroxyl groups is 1. The van der Waals surface area contributed by atoms with Gasteiger partial charge in [0, 0.05) is 12.8 Å². The third-order valence-electron chi connectivity index (χ3n) is 8.45. The first-order valence-electron chi connectivity index (χ1n) is 14.2. The maximum absolute atomic E-state index is 13.3. The number of rotatable bonds is 14. The molecule has 2 rings (SSSR count). The fraction of sp³-hybridized carbons (Fsp3) is 0.710. The molecule has 0 saturated carbocycles. The molecule has 0 unspecified atom stereocenters. The van der Waals surface area contributed by atoms with E-state index in [0.717, 1.165) is 17.7 Å². The van der Waals surface area contributed by atoms with Crippen LogP contribution in [0.4, 0.5) is 0 Å². The average Bonchev–Trinajstić information content (AvgIpc) is 2.85. The van der Waals surface area contributed by atoms with E-state index < -0.39 is 8.32 Å². The monoisotopic (exact) mass is 674 g/mol. The summed E-state index contributed by atoms with van der Waals surface area (Å²) in [4.78, 5) is 13.3. The van der Waals surface area contributed by atoms with Crippen molar-refractivity contribution in [2.24, 2.45) is 17.8 Å². The lowest BCUT2D eigenvalue weighted by atomic mass is 9.84. The van der Waals surface area contributed by atoms with E-state index in [0.29, 0.717) is 19.4 Å². The third-order valence-corrected chi connectivity index (χ3v) is 13.4. The molecular weight excluding hydrogens is 623 g/mol. The number of hydrogen-bond acceptors (Lipinski definition) is 6. The lowest BCUT2D eigenvalue weighted by Gasteiger charge is -2.47. The Morgan fingerprint density at radius 1 is 1.21 bits per heavy atom. The molecule has 7 atom stereocenters. The standard InChI is InChI=1S/C31H51IO6Si/c1-21(27(14-15-32)36-20-24-10-12-26(35-7)13-11-24)16-25(34)17-23(3)30-28(18-22(2)29(19-33)37-30)38-39(8,9)31(4,5)6/h10-15,21-23,27-30,33H,16-20H2,1-9H3/b15-14+/t21-,22+,23-,27+,28-,29+,30-/m0/s1. The zero-order valence-electron chi connectivity index (χ0n) is 25.4. The Labute approximate surface area is 251 Å². The van der Waals surface area contributed by atoms with Crippen LogP contribution in [0.2, 0.25) is 18.1 Å². The third kappa shape index (κ3) is 10.2. The van der Waals surface area contributed by atoms with Gasteiger partial charge in [-0.3, -0.25) is 4.79 Å². The van der Waals surface area contributed by atoms with Crippen molar-refractivity contribution in [3.8, 4) is 5.75 Å². The van der Waals surface area contributed by atoms with Crippen LogP contribution < -0.4 is 4.74 Å². The molecule has 1 N–H and O–H groups in total. The highest BCUT2D eigenvalue weighted by atomic mass is 127. The largest absolute Gasteiger partial charge is 0.497 e. The molecule has 8 heteroatoms. The summed E-state index contributed by atoms with van der Waals surface area (Å²) in [6.45, 7) is 18.0. The van der Waals surface area contributed by atoms with Crippen LogP contribution in [-0.4, -0.2) is 57.3 Å². The van der Waals surface area contributed by atoms with Crippen molar-refractivity contribution < 1.29 is 28.5 Å². The van der Waals surface area contributed by atoms with Crippen molar-refractivity contribution in [3.05, 3.63) is 40.0 Å². The van der Waals surface area contributed by atoms with Crippen molar-refractivity contribution in [2.75, 3.05) is 13.7 Å². The number of ketones is 1. The van der Waals surface area contributed by atoms with Gasteiger partial charge in [0.15, 0.2) is 8.32 Å². The van der Waals surface area contributed by atoms with Crippen molar-refractivity contribution in [1.82, 2.24) is 0 Å². The van der Waals surface area contributed by atoms with Gasteiger partial charge >= 0.3 is 0 Å². The van der Waals surface area contributed by atoms with E-state index in [2.05, 4.69) is 77.2 Å². The van der Waals surface area contributed by atoms with Crippen LogP contribution in [0.25, 0.3) is 0 Å². The van der Waals surface area contributed by atoms with Crippen molar-refractivity contribution in [3.63, 3.8) is 0 Å². The Morgan fingerprint density at radius 3 is 2.38 bits per heavy atom. The Morgan fingerprint density at radius 2 is 1.85 bits per heavy atom. The summed E-state index contributed by atoms with van der Waals surface area (Å²) in [7, 11) is -0.381. The molecule has 1 aliphatic rings. The van der Waals surface area contributed by atoms with E-state index in [1.165, 1.54) is 0 Å². The highest BCUT2D eigenvalue weighted by Crippen LogP contribution is 2.41. The molecule has 0 aromatic heterocycles. The van der Waals surface area contributed by atoms with E-state index in [1.807, 2.05) is 34.4 Å². The number of benzene rings is 1. The molecule has 1 saturated heterocycles. The molecule has 1 aromatic carbocycles. The number of halogens is 1. The Balaban J connectivity index is 2.04. The molecule has 1 aliphatic heterocycles. The number of ether oxygens (including phenoxy) is 3. The van der Waals surface area contributed by atoms with Crippen LogP contribution in [0.1, 0.15) is 66.4 Å². The molecule has 1 aromatic rings. The van der Waals surface area contributed by atoms with Gasteiger partial charge in [-0.1, -0.05) is 76.3 Å². The second-order valence-electron chi connectivity index (χ2n) is 12.8. The SMILES string of the molecule is COc1ccc(CO[C@H](/C=C/I)[C@@H](C)CC(=O)C[C@H](C)[C@@H]2O[C@H](CO)[C@H](C)C[C@@H]2O[Si](C)(C)C(C)(C)C)cc1. The van der Waals surface area contributed by atoms with Gasteiger partial charge in [0.2, 0.25) is 0 Å². The summed E-state index contributed by atoms with van der Waals surface area (Å²) < 4.78 is 26.7. The minimum absolute atomic E-state index is 0.0141. The van der Waals surface area contributed by atoms with Gasteiger partial charge < -0.3 is 23.7 Å². The maximum Gasteiger partial charge on any atom is 0.192 e. The van der Waals surface area contributed by atoms with Crippen molar-refractivity contribution in [1.29, 1.82) is 0 Å². The van der Waals surface area contributed by atoms with Gasteiger partial charge in [0.1, 0.15) is 11.5 Å². The van der Waals surface area contributed by atoms with Crippen LogP contribution in [0.15, 0.2) is 34.4 Å². The van der Waals surface area contributed by atoms with E-state index in [1.54, 1.807) is 7.11 Å². The summed E-state index contributed by atoms with van der Waals surface area (Å²) in [5.41, 5.74) is 1.06. The first-order valence-corrected chi connectivity index (χ1v) is 18.3. The fourth-order valence-electron chi connectivity index (χ4n) is 4.90. The normalized spacial score (nSPS) is 24.9. The highest BCUT2D eigenvalue weighted by Gasteiger charge is 2.45. The summed E-state index contributed by atoms with van der Waals surface area (Å²) >= 11 is 2.20. The predicted octanol–water partition coefficient (Wildman–Crippen LogP) is 7.33. The first kappa shape index (κ1) is 34.4. The molecule has 0 aliphatic carbocycles. The number of methoxy groups -OCH3 is 1. The van der Waals surface area contributed by atoms with Gasteiger partial charge in [0.05, 0.1) is 44.7 Å². The quantitative estimate of drug-likeness (QED) is 0.165. The number of carbonyl (C=O) groups excluding carboxylic acids is 1. The molecule has 222 valence electrons. The molecular formula is C31H51IO6Si. The van der Waals surface area contributed by atoms with Gasteiger partial charge in [-0.25, -0.2) is 0 Å². The van der Waals surface area contributed by atoms with E-state index in [-0.39, 0.29) is 59.6 Å². The molecule has 0 amide bonds. The second-order valence-corrected chi connectivity index (χ2v) is 18.3. The zero-order valence-corrected chi connectivity index (χ0v) is 28.6. The molecule has 0 bridgehead atoms. The van der Waals surface area contributed by atoms with Crippen LogP contribution in [0.5, 0.6) is 5.75 Å². The zero-order chi connectivity index (χ0) is 29.4. The number of Topliss-reactive ketones (excluding diaryl/α,β-unsaturated/α-hetero) is 1. The van der Waals surface area contributed by atoms with Gasteiger partial charge in [0.25, 0.3) is 0 Å². The van der Waals surface area contributed by atoms with Crippen LogP contribution in [0.3, 0.4) is 0 Å². The smallest absolute Gasteiger partial charge is 0.192 e. The molecule has 39 heavy (non-hydrogen) atoms. The molecule has 0 radical (unpaired) electrons. The van der Waals surface area contributed by atoms with Gasteiger partial charge in [-0.2, -0.15) is 0 Å². The van der Waals surface area contributed by atoms with Gasteiger partial charge in [-0.05, 0) is 70.2 Å². The lowest BCUT2D eigenvalue weighted by Crippen LogP contribution is -2.54. The summed E-state index contributed by atoms with van der Waals surface area (Å²) in [6, 6.07) is 7.84. The van der Waals surface area contributed by atoms with Crippen LogP contribution >= 0.6 is 22.6 Å².